The average molecular weight is 565 g/mol. The number of ketones is 2. The lowest BCUT2D eigenvalue weighted by Crippen LogP contribution is -2.49. The van der Waals surface area contributed by atoms with Crippen LogP contribution in [0.3, 0.4) is 0 Å². The Hall–Kier alpha value is -4.19. The van der Waals surface area contributed by atoms with Gasteiger partial charge in [0.2, 0.25) is 5.91 Å². The van der Waals surface area contributed by atoms with Gasteiger partial charge in [-0.1, -0.05) is 65.7 Å². The van der Waals surface area contributed by atoms with E-state index in [1.165, 1.54) is 0 Å². The Balaban J connectivity index is 1.53. The molecule has 0 bridgehead atoms. The molecule has 4 aromatic rings. The lowest BCUT2D eigenvalue weighted by atomic mass is 9.62. The SMILES string of the molecule is O=C(c1ccc(Cl)cc1)C1C(C(=O)c2ccc(Cl)cc2)C2(C(=O)Nc3ccccc32)C2c3ccccc3C=CN12. The normalized spacial score (nSPS) is 23.9. The highest BCUT2D eigenvalue weighted by Gasteiger charge is 2.70. The van der Waals surface area contributed by atoms with Gasteiger partial charge in [-0.15, -0.1) is 0 Å². The van der Waals surface area contributed by atoms with Crippen LogP contribution < -0.4 is 5.32 Å². The standard InChI is InChI=1S/C33H22Cl2N2O3/c34-22-13-9-20(10-14-22)29(38)27-28(30(39)21-11-15-23(35)16-12-21)37-18-17-19-5-1-2-6-24(19)31(37)33(27)25-7-3-4-8-26(25)36-32(33)40/h1-18,27-28,31H,(H,36,40). The summed E-state index contributed by atoms with van der Waals surface area (Å²) in [6, 6.07) is 27.0. The largest absolute Gasteiger partial charge is 0.358 e. The van der Waals surface area contributed by atoms with E-state index in [0.717, 1.165) is 11.1 Å². The Kier molecular flexibility index (Phi) is 5.70. The van der Waals surface area contributed by atoms with Gasteiger partial charge in [-0.2, -0.15) is 0 Å². The summed E-state index contributed by atoms with van der Waals surface area (Å²) >= 11 is 12.3. The summed E-state index contributed by atoms with van der Waals surface area (Å²) in [6.07, 6.45) is 3.80. The number of hydrogen-bond donors (Lipinski definition) is 1. The number of fused-ring (bicyclic) bond motifs is 6. The van der Waals surface area contributed by atoms with Crippen LogP contribution in [-0.4, -0.2) is 28.4 Å². The third kappa shape index (κ3) is 3.44. The fourth-order valence-electron chi connectivity index (χ4n) is 6.75. The molecule has 3 aliphatic heterocycles. The van der Waals surface area contributed by atoms with Crippen LogP contribution in [0.4, 0.5) is 5.69 Å². The molecule has 4 atom stereocenters. The van der Waals surface area contributed by atoms with E-state index in [1.54, 1.807) is 48.5 Å². The second-order valence-electron chi connectivity index (χ2n) is 10.3. The molecule has 5 nitrogen and oxygen atoms in total. The zero-order valence-corrected chi connectivity index (χ0v) is 22.6. The van der Waals surface area contributed by atoms with E-state index in [9.17, 15) is 14.4 Å². The molecule has 4 unspecified atom stereocenters. The summed E-state index contributed by atoms with van der Waals surface area (Å²) in [5.74, 6) is -1.89. The number of carbonyl (C=O) groups excluding carboxylic acids is 3. The van der Waals surface area contributed by atoms with Crippen molar-refractivity contribution in [1.82, 2.24) is 4.90 Å². The number of nitrogens with zero attached hydrogens (tertiary/aromatic N) is 1. The molecule has 4 aromatic carbocycles. The fourth-order valence-corrected chi connectivity index (χ4v) is 7.00. The van der Waals surface area contributed by atoms with Crippen LogP contribution in [0.15, 0.2) is 103 Å². The van der Waals surface area contributed by atoms with Crippen molar-refractivity contribution >= 4 is 52.4 Å². The van der Waals surface area contributed by atoms with E-state index in [4.69, 9.17) is 23.2 Å². The van der Waals surface area contributed by atoms with Crippen molar-refractivity contribution < 1.29 is 14.4 Å². The number of hydrogen-bond acceptors (Lipinski definition) is 4. The van der Waals surface area contributed by atoms with Crippen molar-refractivity contribution in [2.75, 3.05) is 5.32 Å². The predicted octanol–water partition coefficient (Wildman–Crippen LogP) is 6.98. The number of anilines is 1. The minimum atomic E-state index is -1.37. The maximum absolute atomic E-state index is 14.7. The number of rotatable bonds is 4. The Bertz CT molecular complexity index is 1730. The van der Waals surface area contributed by atoms with Crippen LogP contribution in [0.2, 0.25) is 10.0 Å². The molecule has 1 N–H and O–H groups in total. The second kappa shape index (κ2) is 9.19. The molecule has 3 heterocycles. The van der Waals surface area contributed by atoms with Gasteiger partial charge in [-0.05, 0) is 77.4 Å². The first-order chi connectivity index (χ1) is 19.4. The molecule has 0 aromatic heterocycles. The maximum atomic E-state index is 14.7. The zero-order chi connectivity index (χ0) is 27.6. The van der Waals surface area contributed by atoms with Crippen molar-refractivity contribution in [2.24, 2.45) is 5.92 Å². The summed E-state index contributed by atoms with van der Waals surface area (Å²) in [5, 5.41) is 4.05. The van der Waals surface area contributed by atoms with Gasteiger partial charge >= 0.3 is 0 Å². The summed E-state index contributed by atoms with van der Waals surface area (Å²) in [4.78, 5) is 45.5. The molecule has 0 aliphatic carbocycles. The summed E-state index contributed by atoms with van der Waals surface area (Å²) < 4.78 is 0. The van der Waals surface area contributed by atoms with Crippen molar-refractivity contribution in [3.05, 3.63) is 141 Å². The summed E-state index contributed by atoms with van der Waals surface area (Å²) in [6.45, 7) is 0. The molecule has 1 fully saturated rings. The highest BCUT2D eigenvalue weighted by atomic mass is 35.5. The third-order valence-corrected chi connectivity index (χ3v) is 8.88. The number of carbonyl (C=O) groups is 3. The first-order valence-electron chi connectivity index (χ1n) is 13.0. The number of benzene rings is 4. The van der Waals surface area contributed by atoms with Gasteiger partial charge in [-0.3, -0.25) is 14.4 Å². The van der Waals surface area contributed by atoms with Crippen molar-refractivity contribution in [3.8, 4) is 0 Å². The number of halogens is 2. The van der Waals surface area contributed by atoms with Gasteiger partial charge in [0, 0.05) is 33.1 Å². The summed E-state index contributed by atoms with van der Waals surface area (Å²) in [5.41, 5.74) is 2.61. The van der Waals surface area contributed by atoms with E-state index in [0.29, 0.717) is 32.4 Å². The van der Waals surface area contributed by atoms with E-state index >= 15 is 0 Å². The van der Waals surface area contributed by atoms with Gasteiger partial charge in [0.15, 0.2) is 11.6 Å². The molecular formula is C33H22Cl2N2O3. The topological polar surface area (TPSA) is 66.5 Å². The summed E-state index contributed by atoms with van der Waals surface area (Å²) in [7, 11) is 0. The average Bonchev–Trinajstić information content (AvgIpc) is 3.45. The predicted molar refractivity (Wildman–Crippen MR) is 156 cm³/mol. The van der Waals surface area contributed by atoms with Crippen LogP contribution in [0.25, 0.3) is 6.08 Å². The Morgan fingerprint density at radius 3 is 2.05 bits per heavy atom. The van der Waals surface area contributed by atoms with Gasteiger partial charge in [0.05, 0.1) is 12.0 Å². The van der Waals surface area contributed by atoms with Gasteiger partial charge in [0.25, 0.3) is 0 Å². The smallest absolute Gasteiger partial charge is 0.238 e. The third-order valence-electron chi connectivity index (χ3n) is 8.38. The first-order valence-corrected chi connectivity index (χ1v) is 13.7. The Labute approximate surface area is 241 Å². The van der Waals surface area contributed by atoms with E-state index in [1.807, 2.05) is 65.7 Å². The molecular weight excluding hydrogens is 543 g/mol. The minimum Gasteiger partial charge on any atom is -0.358 e. The number of amides is 1. The molecule has 7 rings (SSSR count). The van der Waals surface area contributed by atoms with E-state index in [2.05, 4.69) is 5.32 Å². The molecule has 0 saturated carbocycles. The molecule has 40 heavy (non-hydrogen) atoms. The lowest BCUT2D eigenvalue weighted by Gasteiger charge is -2.38. The molecule has 7 heteroatoms. The van der Waals surface area contributed by atoms with Crippen LogP contribution in [0, 0.1) is 5.92 Å². The molecule has 1 spiro atoms. The quantitative estimate of drug-likeness (QED) is 0.272. The van der Waals surface area contributed by atoms with Crippen LogP contribution in [0.1, 0.15) is 43.4 Å². The first kappa shape index (κ1) is 24.8. The number of Topliss-reactive ketones (excluding diaryl/α,β-unsaturated/α-hetero) is 2. The van der Waals surface area contributed by atoms with Gasteiger partial charge < -0.3 is 10.2 Å². The number of para-hydroxylation sites is 1. The van der Waals surface area contributed by atoms with Crippen molar-refractivity contribution in [2.45, 2.75) is 17.5 Å². The zero-order valence-electron chi connectivity index (χ0n) is 21.1. The molecule has 0 radical (unpaired) electrons. The van der Waals surface area contributed by atoms with Crippen molar-refractivity contribution in [3.63, 3.8) is 0 Å². The lowest BCUT2D eigenvalue weighted by molar-refractivity contribution is -0.122. The highest BCUT2D eigenvalue weighted by Crippen LogP contribution is 2.62. The Morgan fingerprint density at radius 2 is 1.35 bits per heavy atom. The molecule has 1 saturated heterocycles. The fraction of sp³-hybridized carbons (Fsp3) is 0.121. The van der Waals surface area contributed by atoms with E-state index in [-0.39, 0.29) is 17.5 Å². The van der Waals surface area contributed by atoms with Crippen LogP contribution in [0.5, 0.6) is 0 Å². The van der Waals surface area contributed by atoms with Crippen molar-refractivity contribution in [1.29, 1.82) is 0 Å². The molecule has 196 valence electrons. The molecule has 3 aliphatic rings. The highest BCUT2D eigenvalue weighted by molar-refractivity contribution is 6.31. The monoisotopic (exact) mass is 564 g/mol. The van der Waals surface area contributed by atoms with Crippen LogP contribution >= 0.6 is 23.2 Å². The Morgan fingerprint density at radius 1 is 0.750 bits per heavy atom. The van der Waals surface area contributed by atoms with Gasteiger partial charge in [0.1, 0.15) is 11.5 Å². The van der Waals surface area contributed by atoms with E-state index < -0.39 is 23.4 Å². The molecule has 1 amide bonds. The maximum Gasteiger partial charge on any atom is 0.238 e. The van der Waals surface area contributed by atoms with Gasteiger partial charge in [-0.25, -0.2) is 0 Å². The minimum absolute atomic E-state index is 0.257. The second-order valence-corrected chi connectivity index (χ2v) is 11.2. The van der Waals surface area contributed by atoms with Crippen LogP contribution in [-0.2, 0) is 10.2 Å². The number of nitrogens with one attached hydrogen (secondary N) is 1.